The molecule has 0 atom stereocenters. The molecule has 0 aromatic carbocycles. The number of carbonyl (C=O) groups excluding carboxylic acids is 3. The number of hydrogen-bond acceptors (Lipinski definition) is 7. The molecule has 0 aliphatic rings. The Hall–Kier alpha value is -1.71. The van der Waals surface area contributed by atoms with E-state index in [0.717, 1.165) is 104 Å². The van der Waals surface area contributed by atoms with Gasteiger partial charge in [0.25, 0.3) is 0 Å². The number of amides is 2. The number of nitrogens with zero attached hydrogens (tertiary/aromatic N) is 4. The van der Waals surface area contributed by atoms with Gasteiger partial charge in [-0.15, -0.1) is 0 Å². The third-order valence-electron chi connectivity index (χ3n) is 13.1. The van der Waals surface area contributed by atoms with Crippen molar-refractivity contribution in [3.63, 3.8) is 0 Å². The van der Waals surface area contributed by atoms with Crippen LogP contribution in [0.3, 0.4) is 0 Å². The average molecular weight is 892 g/mol. The van der Waals surface area contributed by atoms with E-state index >= 15 is 0 Å². The highest BCUT2D eigenvalue weighted by Crippen LogP contribution is 2.14. The molecule has 2 amide bonds. The van der Waals surface area contributed by atoms with E-state index in [0.29, 0.717) is 26.1 Å². The van der Waals surface area contributed by atoms with Gasteiger partial charge < -0.3 is 24.8 Å². The summed E-state index contributed by atoms with van der Waals surface area (Å²) in [5.41, 5.74) is 0. The molecule has 0 saturated heterocycles. The van der Waals surface area contributed by atoms with Crippen molar-refractivity contribution in [1.29, 1.82) is 0 Å². The molecule has 0 heterocycles. The fourth-order valence-electron chi connectivity index (χ4n) is 8.85. The molecule has 0 aromatic heterocycles. The molecule has 1 N–H and O–H groups in total. The van der Waals surface area contributed by atoms with Crippen molar-refractivity contribution < 1.29 is 19.1 Å². The van der Waals surface area contributed by atoms with E-state index in [-0.39, 0.29) is 11.9 Å². The minimum absolute atomic E-state index is 0.122. The highest BCUT2D eigenvalue weighted by molar-refractivity contribution is 5.78. The summed E-state index contributed by atoms with van der Waals surface area (Å²) in [4.78, 5) is 47.0. The summed E-state index contributed by atoms with van der Waals surface area (Å²) in [5, 5.41) is 2.84. The van der Waals surface area contributed by atoms with Crippen molar-refractivity contribution in [2.75, 3.05) is 85.6 Å². The lowest BCUT2D eigenvalue weighted by atomic mass is 10.1. The van der Waals surface area contributed by atoms with Crippen molar-refractivity contribution >= 4 is 18.3 Å². The van der Waals surface area contributed by atoms with Crippen LogP contribution in [0.25, 0.3) is 0 Å². The number of rotatable bonds is 52. The highest BCUT2D eigenvalue weighted by Gasteiger charge is 2.19. The lowest BCUT2D eigenvalue weighted by molar-refractivity contribution is -0.140. The summed E-state index contributed by atoms with van der Waals surface area (Å²) < 4.78 is 4.83. The van der Waals surface area contributed by atoms with Gasteiger partial charge in [-0.3, -0.25) is 19.3 Å². The van der Waals surface area contributed by atoms with Crippen LogP contribution >= 0.6 is 0 Å². The first kappa shape index (κ1) is 61.3. The Bertz CT molecular complexity index is 953. The maximum Gasteiger partial charge on any atom is 0.305 e. The van der Waals surface area contributed by atoms with Crippen LogP contribution in [0, 0.1) is 0 Å². The van der Waals surface area contributed by atoms with Gasteiger partial charge in [0.2, 0.25) is 12.3 Å². The minimum atomic E-state index is -0.122. The summed E-state index contributed by atoms with van der Waals surface area (Å²) >= 11 is 0. The van der Waals surface area contributed by atoms with Crippen LogP contribution in [-0.4, -0.2) is 124 Å². The lowest BCUT2D eigenvalue weighted by Gasteiger charge is -2.31. The number of hydrogen-bond donors (Lipinski definition) is 1. The Kier molecular flexibility index (Phi) is 48.4. The van der Waals surface area contributed by atoms with Crippen LogP contribution in [0.2, 0.25) is 0 Å². The molecule has 0 rings (SSSR count). The third kappa shape index (κ3) is 42.7. The minimum Gasteiger partial charge on any atom is -0.469 e. The Morgan fingerprint density at radius 1 is 0.397 bits per heavy atom. The van der Waals surface area contributed by atoms with Crippen molar-refractivity contribution in [1.82, 2.24) is 24.9 Å². The summed E-state index contributed by atoms with van der Waals surface area (Å²) in [6, 6.07) is 0. The largest absolute Gasteiger partial charge is 0.469 e. The topological polar surface area (TPSA) is 85.4 Å². The average Bonchev–Trinajstić information content (AvgIpc) is 3.29. The molecule has 0 radical (unpaired) electrons. The molecular formula is C54H109N5O4. The van der Waals surface area contributed by atoms with Gasteiger partial charge in [0.05, 0.1) is 13.7 Å². The SMILES string of the molecule is CCCCCCCCCN(CCCCCCCCC)CCCN(CCNC=O)C(=O)CN(CCCCCCCC(=O)OC)CCN(CCCCCCCC)CCCCCCCCC. The number of nitrogens with one attached hydrogen (secondary N) is 1. The van der Waals surface area contributed by atoms with E-state index < -0.39 is 0 Å². The molecule has 0 fully saturated rings. The first-order chi connectivity index (χ1) is 30.9. The zero-order valence-corrected chi connectivity index (χ0v) is 43.0. The van der Waals surface area contributed by atoms with E-state index in [4.69, 9.17) is 4.74 Å². The fraction of sp³-hybridized carbons (Fsp3) is 0.944. The van der Waals surface area contributed by atoms with Gasteiger partial charge in [-0.05, 0) is 84.2 Å². The maximum absolute atomic E-state index is 14.3. The van der Waals surface area contributed by atoms with Crippen LogP contribution < -0.4 is 5.32 Å². The zero-order chi connectivity index (χ0) is 46.1. The normalized spacial score (nSPS) is 11.6. The Morgan fingerprint density at radius 2 is 0.730 bits per heavy atom. The Balaban J connectivity index is 5.68. The second-order valence-electron chi connectivity index (χ2n) is 19.0. The molecule has 0 bridgehead atoms. The van der Waals surface area contributed by atoms with Crippen LogP contribution in [0.1, 0.15) is 246 Å². The molecule has 0 aliphatic heterocycles. The molecule has 0 aromatic rings. The first-order valence-electron chi connectivity index (χ1n) is 27.6. The standard InChI is InChI=1S/C54H109N5O4/c1-6-10-14-18-22-28-33-41-56(42-34-29-23-19-15-11-7-2)46-38-47-59(48-40-55-52-60)53(61)51-58(45-37-31-25-26-32-39-54(62)63-5)50-49-57(43-35-27-21-17-13-9-4)44-36-30-24-20-16-12-8-3/h52H,6-51H2,1-5H3,(H,55,60). The zero-order valence-electron chi connectivity index (χ0n) is 43.0. The van der Waals surface area contributed by atoms with E-state index in [1.165, 1.54) is 180 Å². The van der Waals surface area contributed by atoms with Gasteiger partial charge in [0.15, 0.2) is 0 Å². The van der Waals surface area contributed by atoms with Gasteiger partial charge in [-0.1, -0.05) is 195 Å². The Labute approximate surface area is 392 Å². The predicted octanol–water partition coefficient (Wildman–Crippen LogP) is 13.0. The highest BCUT2D eigenvalue weighted by atomic mass is 16.5. The second-order valence-corrected chi connectivity index (χ2v) is 19.0. The summed E-state index contributed by atoms with van der Waals surface area (Å²) in [6.45, 7) is 19.9. The number of esters is 1. The van der Waals surface area contributed by atoms with E-state index in [1.54, 1.807) is 0 Å². The number of ether oxygens (including phenoxy) is 1. The third-order valence-corrected chi connectivity index (χ3v) is 13.1. The van der Waals surface area contributed by atoms with Gasteiger partial charge in [-0.25, -0.2) is 0 Å². The molecule has 0 saturated carbocycles. The summed E-state index contributed by atoms with van der Waals surface area (Å²) in [5.74, 6) is 0.0738. The van der Waals surface area contributed by atoms with Crippen LogP contribution in [-0.2, 0) is 19.1 Å². The molecular weight excluding hydrogens is 783 g/mol. The van der Waals surface area contributed by atoms with Crippen molar-refractivity contribution in [3.8, 4) is 0 Å². The molecule has 374 valence electrons. The van der Waals surface area contributed by atoms with E-state index in [9.17, 15) is 14.4 Å². The van der Waals surface area contributed by atoms with Crippen molar-refractivity contribution in [2.24, 2.45) is 0 Å². The Morgan fingerprint density at radius 3 is 1.13 bits per heavy atom. The van der Waals surface area contributed by atoms with Gasteiger partial charge in [-0.2, -0.15) is 0 Å². The molecule has 0 aliphatic carbocycles. The molecule has 9 heteroatoms. The smallest absolute Gasteiger partial charge is 0.305 e. The quantitative estimate of drug-likeness (QED) is 0.0370. The lowest BCUT2D eigenvalue weighted by Crippen LogP contribution is -2.46. The first-order valence-corrected chi connectivity index (χ1v) is 27.6. The summed E-state index contributed by atoms with van der Waals surface area (Å²) in [7, 11) is 1.46. The monoisotopic (exact) mass is 892 g/mol. The predicted molar refractivity (Wildman–Crippen MR) is 272 cm³/mol. The second kappa shape index (κ2) is 49.7. The van der Waals surface area contributed by atoms with Gasteiger partial charge >= 0.3 is 5.97 Å². The van der Waals surface area contributed by atoms with Gasteiger partial charge in [0.1, 0.15) is 0 Å². The van der Waals surface area contributed by atoms with Crippen LogP contribution in [0.5, 0.6) is 0 Å². The van der Waals surface area contributed by atoms with Gasteiger partial charge in [0, 0.05) is 39.1 Å². The molecule has 0 spiro atoms. The van der Waals surface area contributed by atoms with Crippen LogP contribution in [0.4, 0.5) is 0 Å². The molecule has 0 unspecified atom stereocenters. The number of methoxy groups -OCH3 is 1. The van der Waals surface area contributed by atoms with Crippen molar-refractivity contribution in [3.05, 3.63) is 0 Å². The van der Waals surface area contributed by atoms with E-state index in [1.807, 2.05) is 4.90 Å². The van der Waals surface area contributed by atoms with Crippen molar-refractivity contribution in [2.45, 2.75) is 246 Å². The van der Waals surface area contributed by atoms with E-state index in [2.05, 4.69) is 47.7 Å². The molecule has 9 nitrogen and oxygen atoms in total. The molecule has 63 heavy (non-hydrogen) atoms. The summed E-state index contributed by atoms with van der Waals surface area (Å²) in [6.07, 6.45) is 43.2. The fourth-order valence-corrected chi connectivity index (χ4v) is 8.85. The number of unbranched alkanes of at least 4 members (excludes halogenated alkanes) is 27. The van der Waals surface area contributed by atoms with Crippen LogP contribution in [0.15, 0.2) is 0 Å². The number of carbonyl (C=O) groups is 3. The maximum atomic E-state index is 14.3.